The van der Waals surface area contributed by atoms with E-state index >= 15 is 0 Å². The fourth-order valence-corrected chi connectivity index (χ4v) is 3.78. The Morgan fingerprint density at radius 1 is 1.50 bits per heavy atom. The third-order valence-corrected chi connectivity index (χ3v) is 4.81. The molecule has 2 atom stereocenters. The van der Waals surface area contributed by atoms with E-state index in [9.17, 15) is 18.0 Å². The van der Waals surface area contributed by atoms with Gasteiger partial charge in [0, 0.05) is 18.5 Å². The van der Waals surface area contributed by atoms with E-state index in [1.54, 1.807) is 6.92 Å². The molecule has 1 aliphatic rings. The van der Waals surface area contributed by atoms with Crippen LogP contribution in [0.15, 0.2) is 0 Å². The van der Waals surface area contributed by atoms with Crippen molar-refractivity contribution >= 4 is 21.7 Å². The Morgan fingerprint density at radius 3 is 2.50 bits per heavy atom. The lowest BCUT2D eigenvalue weighted by Gasteiger charge is -2.27. The van der Waals surface area contributed by atoms with Crippen LogP contribution in [0, 0.1) is 5.92 Å². The second-order valence-electron chi connectivity index (χ2n) is 4.68. The fraction of sp³-hybridized carbons (Fsp3) is 0.800. The third kappa shape index (κ3) is 4.26. The molecular formula is C10H18N2O5S. The Hall–Kier alpha value is -1.15. The lowest BCUT2D eigenvalue weighted by Crippen LogP contribution is -2.44. The largest absolute Gasteiger partial charge is 0.480 e. The van der Waals surface area contributed by atoms with Crippen molar-refractivity contribution in [3.8, 4) is 0 Å². The van der Waals surface area contributed by atoms with Crippen LogP contribution in [0.4, 0.5) is 0 Å². The van der Waals surface area contributed by atoms with Crippen LogP contribution < -0.4 is 5.73 Å². The number of aliphatic carboxylic acids is 1. The van der Waals surface area contributed by atoms with E-state index in [4.69, 9.17) is 10.8 Å². The van der Waals surface area contributed by atoms with Gasteiger partial charge in [0.1, 0.15) is 0 Å². The zero-order chi connectivity index (χ0) is 13.9. The predicted molar refractivity (Wildman–Crippen MR) is 64.6 cm³/mol. The molecule has 1 rings (SSSR count). The Morgan fingerprint density at radius 2 is 2.11 bits per heavy atom. The molecule has 0 saturated carbocycles. The van der Waals surface area contributed by atoms with Crippen molar-refractivity contribution in [1.82, 2.24) is 4.90 Å². The molecule has 0 aliphatic carbocycles. The van der Waals surface area contributed by atoms with Crippen molar-refractivity contribution in [1.29, 1.82) is 0 Å². The Bertz CT molecular complexity index is 434. The second kappa shape index (κ2) is 5.66. The molecule has 0 aromatic heterocycles. The van der Waals surface area contributed by atoms with Crippen LogP contribution in [0.3, 0.4) is 0 Å². The van der Waals surface area contributed by atoms with Gasteiger partial charge in [-0.05, 0) is 6.42 Å². The number of carboxylic acids is 1. The van der Waals surface area contributed by atoms with E-state index in [1.807, 2.05) is 0 Å². The average Bonchev–Trinajstić information content (AvgIpc) is 2.56. The van der Waals surface area contributed by atoms with E-state index in [-0.39, 0.29) is 30.6 Å². The van der Waals surface area contributed by atoms with Crippen molar-refractivity contribution in [3.63, 3.8) is 0 Å². The van der Waals surface area contributed by atoms with E-state index in [0.29, 0.717) is 6.42 Å². The summed E-state index contributed by atoms with van der Waals surface area (Å²) in [6, 6.07) is -0.340. The normalized spacial score (nSPS) is 24.0. The summed E-state index contributed by atoms with van der Waals surface area (Å²) in [6.45, 7) is 1.49. The van der Waals surface area contributed by atoms with Gasteiger partial charge in [0.05, 0.1) is 18.1 Å². The smallest absolute Gasteiger partial charge is 0.317 e. The van der Waals surface area contributed by atoms with Crippen molar-refractivity contribution in [2.24, 2.45) is 11.7 Å². The van der Waals surface area contributed by atoms with Crippen LogP contribution in [-0.4, -0.2) is 60.9 Å². The summed E-state index contributed by atoms with van der Waals surface area (Å²) >= 11 is 0. The zero-order valence-corrected chi connectivity index (χ0v) is 11.0. The van der Waals surface area contributed by atoms with Crippen LogP contribution in [0.25, 0.3) is 0 Å². The van der Waals surface area contributed by atoms with E-state index < -0.39 is 27.6 Å². The van der Waals surface area contributed by atoms with Gasteiger partial charge in [0.25, 0.3) is 0 Å². The maximum absolute atomic E-state index is 11.4. The first kappa shape index (κ1) is 14.9. The number of carboxylic acid groups (broad SMARTS) is 1. The van der Waals surface area contributed by atoms with Gasteiger partial charge in [-0.3, -0.25) is 14.5 Å². The van der Waals surface area contributed by atoms with E-state index in [2.05, 4.69) is 0 Å². The van der Waals surface area contributed by atoms with Crippen molar-refractivity contribution in [2.45, 2.75) is 19.4 Å². The number of hydrogen-bond donors (Lipinski definition) is 2. The number of rotatable bonds is 6. The summed E-state index contributed by atoms with van der Waals surface area (Å²) in [7, 11) is -3.08. The minimum atomic E-state index is -3.08. The van der Waals surface area contributed by atoms with Crippen molar-refractivity contribution < 1.29 is 23.1 Å². The molecular weight excluding hydrogens is 260 g/mol. The number of carbonyl (C=O) groups excluding carboxylic acids is 1. The molecule has 1 heterocycles. The average molecular weight is 278 g/mol. The molecule has 2 unspecified atom stereocenters. The summed E-state index contributed by atoms with van der Waals surface area (Å²) in [5.74, 6) is -2.06. The molecule has 18 heavy (non-hydrogen) atoms. The number of hydrogen-bond acceptors (Lipinski definition) is 5. The number of nitrogens with two attached hydrogens (primary N) is 1. The number of sulfone groups is 1. The topological polar surface area (TPSA) is 118 Å². The highest BCUT2D eigenvalue weighted by Gasteiger charge is 2.34. The summed E-state index contributed by atoms with van der Waals surface area (Å²) < 4.78 is 22.8. The number of nitrogens with zero attached hydrogens (tertiary/aromatic N) is 1. The minimum absolute atomic E-state index is 0.0498. The Labute approximate surface area is 106 Å². The molecule has 1 aliphatic heterocycles. The lowest BCUT2D eigenvalue weighted by molar-refractivity contribution is -0.139. The quantitative estimate of drug-likeness (QED) is 0.622. The Balaban J connectivity index is 2.73. The SMILES string of the molecule is CC(CN(CC(=O)O)C1CCS(=O)(=O)C1)C(N)=O. The maximum atomic E-state index is 11.4. The first-order valence-electron chi connectivity index (χ1n) is 5.67. The highest BCUT2D eigenvalue weighted by atomic mass is 32.2. The molecule has 0 bridgehead atoms. The maximum Gasteiger partial charge on any atom is 0.317 e. The molecule has 0 radical (unpaired) electrons. The summed E-state index contributed by atoms with van der Waals surface area (Å²) in [5, 5.41) is 8.82. The van der Waals surface area contributed by atoms with Crippen LogP contribution in [0.5, 0.6) is 0 Å². The van der Waals surface area contributed by atoms with Crippen molar-refractivity contribution in [2.75, 3.05) is 24.6 Å². The first-order chi connectivity index (χ1) is 8.21. The van der Waals surface area contributed by atoms with Gasteiger partial charge in [0.15, 0.2) is 9.84 Å². The molecule has 1 fully saturated rings. The van der Waals surface area contributed by atoms with Crippen LogP contribution in [-0.2, 0) is 19.4 Å². The highest BCUT2D eigenvalue weighted by Crippen LogP contribution is 2.18. The predicted octanol–water partition coefficient (Wildman–Crippen LogP) is -1.32. The van der Waals surface area contributed by atoms with Gasteiger partial charge in [-0.2, -0.15) is 0 Å². The summed E-state index contributed by atoms with van der Waals surface area (Å²) in [6.07, 6.45) is 0.404. The highest BCUT2D eigenvalue weighted by molar-refractivity contribution is 7.91. The molecule has 8 heteroatoms. The summed E-state index contributed by atoms with van der Waals surface area (Å²) in [4.78, 5) is 23.3. The molecule has 1 amide bonds. The molecule has 3 N–H and O–H groups in total. The number of carbonyl (C=O) groups is 2. The molecule has 0 spiro atoms. The Kier molecular flexibility index (Phi) is 4.69. The third-order valence-electron chi connectivity index (χ3n) is 3.06. The first-order valence-corrected chi connectivity index (χ1v) is 7.49. The van der Waals surface area contributed by atoms with E-state index in [0.717, 1.165) is 0 Å². The van der Waals surface area contributed by atoms with Crippen LogP contribution in [0.1, 0.15) is 13.3 Å². The fourth-order valence-electron chi connectivity index (χ4n) is 2.02. The zero-order valence-electron chi connectivity index (χ0n) is 10.2. The van der Waals surface area contributed by atoms with Gasteiger partial charge in [-0.1, -0.05) is 6.92 Å². The summed E-state index contributed by atoms with van der Waals surface area (Å²) in [5.41, 5.74) is 5.14. The lowest BCUT2D eigenvalue weighted by atomic mass is 10.1. The molecule has 0 aromatic rings. The van der Waals surface area contributed by atoms with Crippen LogP contribution >= 0.6 is 0 Å². The van der Waals surface area contributed by atoms with Gasteiger partial charge in [-0.25, -0.2) is 8.42 Å². The van der Waals surface area contributed by atoms with E-state index in [1.165, 1.54) is 4.90 Å². The number of primary amides is 1. The second-order valence-corrected chi connectivity index (χ2v) is 6.91. The van der Waals surface area contributed by atoms with Gasteiger partial charge in [-0.15, -0.1) is 0 Å². The number of amides is 1. The van der Waals surface area contributed by atoms with Gasteiger partial charge >= 0.3 is 5.97 Å². The molecule has 0 aromatic carbocycles. The van der Waals surface area contributed by atoms with Crippen LogP contribution in [0.2, 0.25) is 0 Å². The monoisotopic (exact) mass is 278 g/mol. The van der Waals surface area contributed by atoms with Gasteiger partial charge in [0.2, 0.25) is 5.91 Å². The minimum Gasteiger partial charge on any atom is -0.480 e. The van der Waals surface area contributed by atoms with Gasteiger partial charge < -0.3 is 10.8 Å². The standard InChI is InChI=1S/C10H18N2O5S/c1-7(10(11)15)4-12(5-9(13)14)8-2-3-18(16,17)6-8/h7-8H,2-6H2,1H3,(H2,11,15)(H,13,14). The molecule has 1 saturated heterocycles. The molecule has 104 valence electrons. The van der Waals surface area contributed by atoms with Crippen molar-refractivity contribution in [3.05, 3.63) is 0 Å². The molecule has 7 nitrogen and oxygen atoms in total.